The van der Waals surface area contributed by atoms with Gasteiger partial charge in [0, 0.05) is 24.7 Å². The van der Waals surface area contributed by atoms with Crippen LogP contribution < -0.4 is 10.1 Å². The first kappa shape index (κ1) is 18.9. The molecule has 0 spiro atoms. The van der Waals surface area contributed by atoms with Crippen molar-refractivity contribution in [3.05, 3.63) is 66.1 Å². The van der Waals surface area contributed by atoms with Crippen molar-refractivity contribution in [2.24, 2.45) is 0 Å². The molecule has 29 heavy (non-hydrogen) atoms. The van der Waals surface area contributed by atoms with E-state index in [1.807, 2.05) is 30.3 Å². The fourth-order valence-corrected chi connectivity index (χ4v) is 2.93. The third-order valence-corrected chi connectivity index (χ3v) is 4.52. The van der Waals surface area contributed by atoms with Crippen molar-refractivity contribution < 1.29 is 22.8 Å². The molecule has 0 atom stereocenters. The van der Waals surface area contributed by atoms with Crippen LogP contribution in [0.4, 0.5) is 13.6 Å². The molecule has 1 aromatic heterocycles. The summed E-state index contributed by atoms with van der Waals surface area (Å²) in [6.45, 7) is 1.19. The monoisotopic (exact) mass is 400 g/mol. The Labute approximate surface area is 165 Å². The number of benzene rings is 2. The smallest absolute Gasteiger partial charge is 0.317 e. The van der Waals surface area contributed by atoms with Crippen LogP contribution in [0.3, 0.4) is 0 Å². The van der Waals surface area contributed by atoms with E-state index in [0.29, 0.717) is 24.8 Å². The summed E-state index contributed by atoms with van der Waals surface area (Å²) in [6, 6.07) is 12.3. The van der Waals surface area contributed by atoms with Crippen molar-refractivity contribution in [2.75, 3.05) is 26.2 Å². The molecule has 1 aliphatic rings. The lowest BCUT2D eigenvalue weighted by Crippen LogP contribution is -2.53. The number of hydrogen-bond acceptors (Lipinski definition) is 5. The molecule has 2 amide bonds. The minimum atomic E-state index is -0.781. The van der Waals surface area contributed by atoms with E-state index in [-0.39, 0.29) is 30.9 Å². The Kier molecular flexibility index (Phi) is 5.37. The lowest BCUT2D eigenvalue weighted by atomic mass is 10.0. The first-order chi connectivity index (χ1) is 14.1. The zero-order valence-corrected chi connectivity index (χ0v) is 15.3. The van der Waals surface area contributed by atoms with Gasteiger partial charge < -0.3 is 19.5 Å². The predicted molar refractivity (Wildman–Crippen MR) is 99.3 cm³/mol. The predicted octanol–water partition coefficient (Wildman–Crippen LogP) is 3.20. The maximum atomic E-state index is 13.5. The normalized spacial score (nSPS) is 13.8. The molecule has 9 heteroatoms. The van der Waals surface area contributed by atoms with E-state index in [1.165, 1.54) is 6.07 Å². The summed E-state index contributed by atoms with van der Waals surface area (Å²) >= 11 is 0. The largest absolute Gasteiger partial charge is 0.489 e. The van der Waals surface area contributed by atoms with Crippen molar-refractivity contribution >= 4 is 6.03 Å². The van der Waals surface area contributed by atoms with Crippen molar-refractivity contribution in [3.63, 3.8) is 0 Å². The van der Waals surface area contributed by atoms with E-state index < -0.39 is 11.6 Å². The van der Waals surface area contributed by atoms with E-state index >= 15 is 0 Å². The average Bonchev–Trinajstić information content (AvgIpc) is 3.16. The molecule has 2 heterocycles. The summed E-state index contributed by atoms with van der Waals surface area (Å²) in [5.41, 5.74) is 0.869. The molecule has 4 rings (SSSR count). The molecular weight excluding hydrogens is 382 g/mol. The van der Waals surface area contributed by atoms with Gasteiger partial charge >= 0.3 is 6.03 Å². The van der Waals surface area contributed by atoms with Gasteiger partial charge in [0.25, 0.3) is 0 Å². The summed E-state index contributed by atoms with van der Waals surface area (Å²) in [7, 11) is 0. The number of carbonyl (C=O) groups is 1. The molecule has 2 aromatic carbocycles. The highest BCUT2D eigenvalue weighted by atomic mass is 19.1. The lowest BCUT2D eigenvalue weighted by molar-refractivity contribution is 0.135. The van der Waals surface area contributed by atoms with Gasteiger partial charge in [-0.2, -0.15) is 4.98 Å². The van der Waals surface area contributed by atoms with Crippen molar-refractivity contribution in [2.45, 2.75) is 5.92 Å². The SMILES string of the molecule is O=C(NCCOc1ccc(F)cc1F)N1CC(c2nc(-c3ccccc3)no2)C1. The Bertz CT molecular complexity index is 990. The maximum absolute atomic E-state index is 13.5. The van der Waals surface area contributed by atoms with Crippen LogP contribution in [0.2, 0.25) is 0 Å². The van der Waals surface area contributed by atoms with Crippen LogP contribution in [0.25, 0.3) is 11.4 Å². The second-order valence-corrected chi connectivity index (χ2v) is 6.58. The minimum absolute atomic E-state index is 0.00438. The van der Waals surface area contributed by atoms with E-state index in [4.69, 9.17) is 9.26 Å². The molecule has 0 saturated carbocycles. The van der Waals surface area contributed by atoms with Crippen LogP contribution in [0.1, 0.15) is 11.8 Å². The molecule has 1 N–H and O–H groups in total. The number of nitrogens with one attached hydrogen (secondary N) is 1. The number of ether oxygens (including phenoxy) is 1. The van der Waals surface area contributed by atoms with Crippen molar-refractivity contribution in [3.8, 4) is 17.1 Å². The fraction of sp³-hybridized carbons (Fsp3) is 0.250. The lowest BCUT2D eigenvalue weighted by Gasteiger charge is -2.36. The Hall–Kier alpha value is -3.49. The first-order valence-corrected chi connectivity index (χ1v) is 9.10. The van der Waals surface area contributed by atoms with Crippen LogP contribution in [-0.4, -0.2) is 47.3 Å². The second-order valence-electron chi connectivity index (χ2n) is 6.58. The molecule has 7 nitrogen and oxygen atoms in total. The van der Waals surface area contributed by atoms with E-state index in [1.54, 1.807) is 4.90 Å². The summed E-state index contributed by atoms with van der Waals surface area (Å²) in [6.07, 6.45) is 0. The highest BCUT2D eigenvalue weighted by molar-refractivity contribution is 5.75. The van der Waals surface area contributed by atoms with E-state index in [9.17, 15) is 13.6 Å². The van der Waals surface area contributed by atoms with Crippen molar-refractivity contribution in [1.29, 1.82) is 0 Å². The van der Waals surface area contributed by atoms with Crippen LogP contribution in [0.15, 0.2) is 53.1 Å². The number of rotatable bonds is 6. The highest BCUT2D eigenvalue weighted by Gasteiger charge is 2.35. The summed E-state index contributed by atoms with van der Waals surface area (Å²) in [5.74, 6) is -0.494. The topological polar surface area (TPSA) is 80.5 Å². The average molecular weight is 400 g/mol. The molecular formula is C20H18F2N4O3. The molecule has 3 aromatic rings. The Morgan fingerprint density at radius 1 is 1.21 bits per heavy atom. The maximum Gasteiger partial charge on any atom is 0.317 e. The number of hydrogen-bond donors (Lipinski definition) is 1. The zero-order chi connectivity index (χ0) is 20.2. The third-order valence-electron chi connectivity index (χ3n) is 4.52. The summed E-state index contributed by atoms with van der Waals surface area (Å²) in [4.78, 5) is 18.1. The number of carbonyl (C=O) groups excluding carboxylic acids is 1. The standard InChI is InChI=1S/C20H18F2N4O3/c21-15-6-7-17(16(22)10-15)28-9-8-23-20(27)26-11-14(12-26)19-24-18(25-29-19)13-4-2-1-3-5-13/h1-7,10,14H,8-9,11-12H2,(H,23,27). The molecule has 0 radical (unpaired) electrons. The van der Waals surface area contributed by atoms with Crippen LogP contribution in [-0.2, 0) is 0 Å². The first-order valence-electron chi connectivity index (χ1n) is 9.10. The molecule has 1 fully saturated rings. The minimum Gasteiger partial charge on any atom is -0.489 e. The third kappa shape index (κ3) is 4.34. The Morgan fingerprint density at radius 3 is 2.76 bits per heavy atom. The van der Waals surface area contributed by atoms with Gasteiger partial charge in [-0.25, -0.2) is 13.6 Å². The van der Waals surface area contributed by atoms with Gasteiger partial charge in [0.1, 0.15) is 12.4 Å². The molecule has 150 valence electrons. The number of nitrogens with zero attached hydrogens (tertiary/aromatic N) is 3. The van der Waals surface area contributed by atoms with E-state index in [0.717, 1.165) is 17.7 Å². The molecule has 1 aliphatic heterocycles. The van der Waals surface area contributed by atoms with Gasteiger partial charge in [-0.1, -0.05) is 35.5 Å². The fourth-order valence-electron chi connectivity index (χ4n) is 2.93. The number of amides is 2. The Morgan fingerprint density at radius 2 is 2.00 bits per heavy atom. The zero-order valence-electron chi connectivity index (χ0n) is 15.3. The van der Waals surface area contributed by atoms with Gasteiger partial charge in [0.15, 0.2) is 11.6 Å². The summed E-state index contributed by atoms with van der Waals surface area (Å²) in [5, 5.41) is 6.67. The number of likely N-dealkylation sites (tertiary alicyclic amines) is 1. The van der Waals surface area contributed by atoms with E-state index in [2.05, 4.69) is 15.5 Å². The molecule has 0 aliphatic carbocycles. The van der Waals surface area contributed by atoms with Gasteiger partial charge in [-0.3, -0.25) is 0 Å². The number of halogens is 2. The van der Waals surface area contributed by atoms with Gasteiger partial charge in [0.2, 0.25) is 11.7 Å². The van der Waals surface area contributed by atoms with Crippen LogP contribution in [0, 0.1) is 11.6 Å². The number of aromatic nitrogens is 2. The molecule has 0 unspecified atom stereocenters. The highest BCUT2D eigenvalue weighted by Crippen LogP contribution is 2.27. The van der Waals surface area contributed by atoms with Gasteiger partial charge in [0.05, 0.1) is 12.5 Å². The molecule has 0 bridgehead atoms. The van der Waals surface area contributed by atoms with Crippen molar-refractivity contribution in [1.82, 2.24) is 20.4 Å². The quantitative estimate of drug-likeness (QED) is 0.643. The Balaban J connectivity index is 1.20. The second kappa shape index (κ2) is 8.26. The number of urea groups is 1. The molecule has 1 saturated heterocycles. The van der Waals surface area contributed by atoms with Crippen LogP contribution >= 0.6 is 0 Å². The summed E-state index contributed by atoms with van der Waals surface area (Å²) < 4.78 is 36.8. The van der Waals surface area contributed by atoms with Gasteiger partial charge in [-0.05, 0) is 12.1 Å². The van der Waals surface area contributed by atoms with Gasteiger partial charge in [-0.15, -0.1) is 0 Å². The van der Waals surface area contributed by atoms with Crippen LogP contribution in [0.5, 0.6) is 5.75 Å².